The number of amidine groups is 1. The van der Waals surface area contributed by atoms with Gasteiger partial charge in [0.25, 0.3) is 5.91 Å². The molecule has 7 rings (SSSR count). The second-order valence-electron chi connectivity index (χ2n) is 10.6. The van der Waals surface area contributed by atoms with E-state index < -0.39 is 0 Å². The number of benzene rings is 4. The minimum absolute atomic E-state index is 0.209. The highest BCUT2D eigenvalue weighted by atomic mass is 35.5. The molecule has 0 spiro atoms. The molecule has 1 saturated heterocycles. The zero-order chi connectivity index (χ0) is 27.9. The van der Waals surface area contributed by atoms with Gasteiger partial charge in [0, 0.05) is 46.2 Å². The number of rotatable bonds is 4. The maximum Gasteiger partial charge on any atom is 0.264 e. The summed E-state index contributed by atoms with van der Waals surface area (Å²) in [5.74, 6) is 0.374. The van der Waals surface area contributed by atoms with Gasteiger partial charge in [0.1, 0.15) is 0 Å². The highest BCUT2D eigenvalue weighted by Crippen LogP contribution is 2.50. The predicted octanol–water partition coefficient (Wildman–Crippen LogP) is 8.76. The molecule has 7 heteroatoms. The molecular weight excluding hydrogens is 569 g/mol. The molecular formula is C34H27Cl2N3OS. The van der Waals surface area contributed by atoms with E-state index in [2.05, 4.69) is 83.0 Å². The monoisotopic (exact) mass is 595 g/mol. The van der Waals surface area contributed by atoms with Gasteiger partial charge in [-0.3, -0.25) is 4.79 Å². The van der Waals surface area contributed by atoms with E-state index in [1.807, 2.05) is 0 Å². The van der Waals surface area contributed by atoms with Crippen LogP contribution in [0.15, 0.2) is 101 Å². The van der Waals surface area contributed by atoms with E-state index in [0.29, 0.717) is 37.5 Å². The van der Waals surface area contributed by atoms with Crippen molar-refractivity contribution in [3.8, 4) is 0 Å². The number of carbonyl (C=O) groups excluding carboxylic acids is 1. The van der Waals surface area contributed by atoms with E-state index in [1.165, 1.54) is 39.7 Å². The second-order valence-corrected chi connectivity index (χ2v) is 12.4. The lowest BCUT2D eigenvalue weighted by atomic mass is 9.76. The van der Waals surface area contributed by atoms with Crippen LogP contribution in [0.1, 0.15) is 52.5 Å². The maximum absolute atomic E-state index is 12.9. The number of nitrogens with zero attached hydrogens (tertiary/aromatic N) is 2. The number of hydrogen-bond donors (Lipinski definition) is 1. The van der Waals surface area contributed by atoms with Crippen LogP contribution in [-0.4, -0.2) is 24.2 Å². The summed E-state index contributed by atoms with van der Waals surface area (Å²) in [7, 11) is 0. The molecule has 3 aliphatic rings. The van der Waals surface area contributed by atoms with Crippen LogP contribution in [0.3, 0.4) is 0 Å². The van der Waals surface area contributed by atoms with Crippen LogP contribution in [-0.2, 0) is 4.79 Å². The zero-order valence-electron chi connectivity index (χ0n) is 22.2. The van der Waals surface area contributed by atoms with E-state index in [1.54, 1.807) is 24.3 Å². The van der Waals surface area contributed by atoms with E-state index in [4.69, 9.17) is 28.2 Å². The Morgan fingerprint density at radius 1 is 0.805 bits per heavy atom. The molecule has 0 aromatic heterocycles. The summed E-state index contributed by atoms with van der Waals surface area (Å²) in [5, 5.41) is 4.50. The van der Waals surface area contributed by atoms with Gasteiger partial charge < -0.3 is 10.2 Å². The minimum atomic E-state index is -0.209. The summed E-state index contributed by atoms with van der Waals surface area (Å²) in [4.78, 5) is 21.0. The highest BCUT2D eigenvalue weighted by Gasteiger charge is 2.35. The predicted molar refractivity (Wildman–Crippen MR) is 172 cm³/mol. The molecule has 1 fully saturated rings. The van der Waals surface area contributed by atoms with Gasteiger partial charge in [-0.1, -0.05) is 89.9 Å². The van der Waals surface area contributed by atoms with Crippen molar-refractivity contribution in [3.05, 3.63) is 134 Å². The molecule has 3 heterocycles. The number of hydrogen-bond acceptors (Lipinski definition) is 4. The first-order valence-corrected chi connectivity index (χ1v) is 15.4. The Balaban J connectivity index is 1.32. The number of halogens is 2. The standard InChI is InChI=1S/C34H27Cl2N3OS/c35-29-12-7-13-30(36)28(29)20-31-33(40)38-34(41-31)37-23-18-26-24(21-8-3-1-4-9-21)14-16-39-17-15-25(27(19-23)32(26)39)22-10-5-2-6-11-22/h1-13,18-20,24-25H,14-17H2,(H,37,38,40)/b31-20-/t24-,25+. The van der Waals surface area contributed by atoms with E-state index >= 15 is 0 Å². The van der Waals surface area contributed by atoms with Crippen molar-refractivity contribution in [2.24, 2.45) is 4.99 Å². The molecule has 2 atom stereocenters. The molecule has 3 aliphatic heterocycles. The lowest BCUT2D eigenvalue weighted by Crippen LogP contribution is -2.37. The van der Waals surface area contributed by atoms with Crippen LogP contribution in [0.4, 0.5) is 11.4 Å². The fourth-order valence-electron chi connectivity index (χ4n) is 6.28. The fourth-order valence-corrected chi connectivity index (χ4v) is 7.61. The van der Waals surface area contributed by atoms with Crippen LogP contribution in [0, 0.1) is 0 Å². The molecule has 4 nitrogen and oxygen atoms in total. The summed E-state index contributed by atoms with van der Waals surface area (Å²) >= 11 is 14.0. The Hall–Kier alpha value is -3.51. The van der Waals surface area contributed by atoms with E-state index in [9.17, 15) is 4.79 Å². The van der Waals surface area contributed by atoms with Gasteiger partial charge in [0.2, 0.25) is 0 Å². The van der Waals surface area contributed by atoms with Gasteiger partial charge in [0.05, 0.1) is 10.6 Å². The largest absolute Gasteiger partial charge is 0.371 e. The first-order valence-electron chi connectivity index (χ1n) is 13.8. The number of carbonyl (C=O) groups is 1. The summed E-state index contributed by atoms with van der Waals surface area (Å²) < 4.78 is 0. The third-order valence-corrected chi connectivity index (χ3v) is 9.73. The molecule has 1 amide bonds. The Morgan fingerprint density at radius 2 is 1.37 bits per heavy atom. The minimum Gasteiger partial charge on any atom is -0.371 e. The topological polar surface area (TPSA) is 44.7 Å². The van der Waals surface area contributed by atoms with Gasteiger partial charge in [-0.25, -0.2) is 4.99 Å². The average Bonchev–Trinajstić information content (AvgIpc) is 3.34. The molecule has 4 aromatic carbocycles. The quantitative estimate of drug-likeness (QED) is 0.240. The third-order valence-electron chi connectivity index (χ3n) is 8.16. The molecule has 4 aromatic rings. The Morgan fingerprint density at radius 3 is 1.93 bits per heavy atom. The van der Waals surface area contributed by atoms with Crippen molar-refractivity contribution in [3.63, 3.8) is 0 Å². The van der Waals surface area contributed by atoms with Crippen LogP contribution in [0.25, 0.3) is 6.08 Å². The zero-order valence-corrected chi connectivity index (χ0v) is 24.5. The summed E-state index contributed by atoms with van der Waals surface area (Å²) in [6.07, 6.45) is 3.85. The molecule has 204 valence electrons. The molecule has 1 N–H and O–H groups in total. The molecule has 0 radical (unpaired) electrons. The lowest BCUT2D eigenvalue weighted by molar-refractivity contribution is -0.115. The van der Waals surface area contributed by atoms with Crippen LogP contribution >= 0.6 is 35.0 Å². The number of anilines is 1. The Labute approximate surface area is 254 Å². The Kier molecular flexibility index (Phi) is 7.11. The van der Waals surface area contributed by atoms with Gasteiger partial charge in [-0.2, -0.15) is 0 Å². The van der Waals surface area contributed by atoms with Gasteiger partial charge >= 0.3 is 0 Å². The highest BCUT2D eigenvalue weighted by molar-refractivity contribution is 8.18. The fraction of sp³-hybridized carbons (Fsp3) is 0.176. The molecule has 0 aliphatic carbocycles. The van der Waals surface area contributed by atoms with Crippen molar-refractivity contribution in [2.45, 2.75) is 24.7 Å². The normalized spacial score (nSPS) is 21.7. The summed E-state index contributed by atoms with van der Waals surface area (Å²) in [5.41, 5.74) is 8.11. The third kappa shape index (κ3) is 5.07. The summed E-state index contributed by atoms with van der Waals surface area (Å²) in [6, 6.07) is 31.3. The number of thioether (sulfide) groups is 1. The number of aliphatic imine (C=N–C) groups is 1. The van der Waals surface area contributed by atoms with Crippen LogP contribution in [0.2, 0.25) is 10.0 Å². The molecule has 0 saturated carbocycles. The lowest BCUT2D eigenvalue weighted by Gasteiger charge is -2.43. The average molecular weight is 597 g/mol. The SMILES string of the molecule is O=C1NC(=Nc2cc3c4c(c2)[C@H](c2ccccc2)CCN4CC[C@@H]3c2ccccc2)S/C1=C\c1c(Cl)cccc1Cl. The van der Waals surface area contributed by atoms with Crippen LogP contribution < -0.4 is 10.2 Å². The first-order chi connectivity index (χ1) is 20.0. The van der Waals surface area contributed by atoms with Gasteiger partial charge in [-0.05, 0) is 77.2 Å². The van der Waals surface area contributed by atoms with Gasteiger partial charge in [0.15, 0.2) is 5.17 Å². The van der Waals surface area contributed by atoms with Crippen molar-refractivity contribution in [1.82, 2.24) is 5.32 Å². The van der Waals surface area contributed by atoms with Crippen molar-refractivity contribution in [1.29, 1.82) is 0 Å². The second kappa shape index (κ2) is 11.1. The van der Waals surface area contributed by atoms with E-state index in [-0.39, 0.29) is 5.91 Å². The number of nitrogens with one attached hydrogen (secondary N) is 1. The molecule has 41 heavy (non-hydrogen) atoms. The van der Waals surface area contributed by atoms with Crippen molar-refractivity contribution >= 4 is 63.5 Å². The summed E-state index contributed by atoms with van der Waals surface area (Å²) in [6.45, 7) is 2.08. The van der Waals surface area contributed by atoms with Gasteiger partial charge in [-0.15, -0.1) is 0 Å². The van der Waals surface area contributed by atoms with Crippen molar-refractivity contribution < 1.29 is 4.79 Å². The maximum atomic E-state index is 12.9. The number of amides is 1. The Bertz CT molecular complexity index is 1610. The smallest absolute Gasteiger partial charge is 0.264 e. The van der Waals surface area contributed by atoms with Crippen LogP contribution in [0.5, 0.6) is 0 Å². The first kappa shape index (κ1) is 26.4. The van der Waals surface area contributed by atoms with Crippen molar-refractivity contribution in [2.75, 3.05) is 18.0 Å². The molecule has 0 bridgehead atoms. The van der Waals surface area contributed by atoms with E-state index in [0.717, 1.165) is 31.6 Å². The molecule has 0 unspecified atom stereocenters.